The Bertz CT molecular complexity index is 1080. The zero-order valence-electron chi connectivity index (χ0n) is 16.5. The van der Waals surface area contributed by atoms with Crippen LogP contribution in [0, 0.1) is 12.7 Å². The molecule has 0 saturated carbocycles. The van der Waals surface area contributed by atoms with Crippen LogP contribution in [0.15, 0.2) is 35.1 Å². The van der Waals surface area contributed by atoms with Crippen molar-refractivity contribution in [1.82, 2.24) is 14.7 Å². The van der Waals surface area contributed by atoms with E-state index >= 15 is 0 Å². The van der Waals surface area contributed by atoms with Crippen LogP contribution in [0.3, 0.4) is 0 Å². The standard InChI is InChI=1S/C20H24FN3O4S/c1-3-4-10-23(15-9-11-29(27,28)13-15)20(26)19-18(25)12-14(2)24(22-19)17-8-6-5-7-16(17)21/h5-8,12,15H,3-4,9-11,13H2,1-2H3. The molecule has 2 heterocycles. The molecule has 1 aromatic carbocycles. The molecule has 3 rings (SSSR count). The zero-order chi connectivity index (χ0) is 21.2. The van der Waals surface area contributed by atoms with E-state index in [1.807, 2.05) is 6.92 Å². The van der Waals surface area contributed by atoms with E-state index in [1.54, 1.807) is 13.0 Å². The topological polar surface area (TPSA) is 89.3 Å². The first-order valence-corrected chi connectivity index (χ1v) is 11.4. The minimum atomic E-state index is -3.20. The quantitative estimate of drug-likeness (QED) is 0.713. The SMILES string of the molecule is CCCCN(C(=O)c1nn(-c2ccccc2F)c(C)cc1=O)C1CCS(=O)(=O)C1. The molecule has 1 aromatic heterocycles. The largest absolute Gasteiger partial charge is 0.333 e. The normalized spacial score (nSPS) is 18.0. The van der Waals surface area contributed by atoms with Crippen LogP contribution < -0.4 is 5.43 Å². The number of hydrogen-bond donors (Lipinski definition) is 0. The van der Waals surface area contributed by atoms with Gasteiger partial charge >= 0.3 is 0 Å². The van der Waals surface area contributed by atoms with E-state index in [0.29, 0.717) is 25.1 Å². The van der Waals surface area contributed by atoms with Crippen LogP contribution >= 0.6 is 0 Å². The number of amides is 1. The summed E-state index contributed by atoms with van der Waals surface area (Å²) in [6.07, 6.45) is 1.82. The number of unbranched alkanes of at least 4 members (excludes halogenated alkanes) is 1. The van der Waals surface area contributed by atoms with Gasteiger partial charge in [0, 0.05) is 24.3 Å². The molecule has 1 saturated heterocycles. The molecule has 156 valence electrons. The van der Waals surface area contributed by atoms with Crippen LogP contribution in [0.25, 0.3) is 5.69 Å². The maximum Gasteiger partial charge on any atom is 0.278 e. The van der Waals surface area contributed by atoms with Gasteiger partial charge in [-0.2, -0.15) is 5.10 Å². The molecule has 0 N–H and O–H groups in total. The van der Waals surface area contributed by atoms with Crippen molar-refractivity contribution >= 4 is 15.7 Å². The summed E-state index contributed by atoms with van der Waals surface area (Å²) in [5, 5.41) is 4.16. The van der Waals surface area contributed by atoms with E-state index in [-0.39, 0.29) is 22.9 Å². The first kappa shape index (κ1) is 21.2. The average Bonchev–Trinajstić information content (AvgIpc) is 3.02. The third-order valence-corrected chi connectivity index (χ3v) is 6.80. The van der Waals surface area contributed by atoms with Crippen LogP contribution in [0.4, 0.5) is 4.39 Å². The van der Waals surface area contributed by atoms with Crippen molar-refractivity contribution < 1.29 is 17.6 Å². The molecule has 0 spiro atoms. The molecule has 0 bridgehead atoms. The third-order valence-electron chi connectivity index (χ3n) is 5.05. The number of benzene rings is 1. The summed E-state index contributed by atoms with van der Waals surface area (Å²) in [5.41, 5.74) is -0.385. The molecule has 1 aliphatic heterocycles. The highest BCUT2D eigenvalue weighted by Crippen LogP contribution is 2.20. The van der Waals surface area contributed by atoms with Gasteiger partial charge in [-0.15, -0.1) is 0 Å². The molecule has 1 amide bonds. The van der Waals surface area contributed by atoms with E-state index in [9.17, 15) is 22.4 Å². The Balaban J connectivity index is 2.03. The van der Waals surface area contributed by atoms with Gasteiger partial charge in [0.1, 0.15) is 11.5 Å². The van der Waals surface area contributed by atoms with E-state index in [0.717, 1.165) is 6.42 Å². The molecular formula is C20H24FN3O4S. The van der Waals surface area contributed by atoms with Crippen molar-refractivity contribution in [3.8, 4) is 5.69 Å². The van der Waals surface area contributed by atoms with Gasteiger partial charge in [0.05, 0.1) is 11.5 Å². The van der Waals surface area contributed by atoms with Gasteiger partial charge < -0.3 is 4.90 Å². The molecule has 2 aromatic rings. The first-order valence-electron chi connectivity index (χ1n) is 9.61. The number of aryl methyl sites for hydroxylation is 1. The Morgan fingerprint density at radius 2 is 2.07 bits per heavy atom. The molecule has 1 fully saturated rings. The number of carbonyl (C=O) groups is 1. The maximum atomic E-state index is 14.2. The zero-order valence-corrected chi connectivity index (χ0v) is 17.3. The second-order valence-corrected chi connectivity index (χ2v) is 9.50. The smallest absolute Gasteiger partial charge is 0.278 e. The van der Waals surface area contributed by atoms with Crippen LogP contribution in [-0.4, -0.2) is 53.1 Å². The van der Waals surface area contributed by atoms with Gasteiger partial charge in [-0.05, 0) is 31.9 Å². The number of rotatable bonds is 6. The van der Waals surface area contributed by atoms with Crippen molar-refractivity contribution in [3.63, 3.8) is 0 Å². The summed E-state index contributed by atoms with van der Waals surface area (Å²) < 4.78 is 39.3. The Morgan fingerprint density at radius 3 is 2.69 bits per heavy atom. The fourth-order valence-corrected chi connectivity index (χ4v) is 5.23. The van der Waals surface area contributed by atoms with Gasteiger partial charge in [0.2, 0.25) is 5.43 Å². The summed E-state index contributed by atoms with van der Waals surface area (Å²) in [6.45, 7) is 3.90. The molecule has 1 aliphatic rings. The highest BCUT2D eigenvalue weighted by molar-refractivity contribution is 7.91. The Hall–Kier alpha value is -2.55. The van der Waals surface area contributed by atoms with Crippen LogP contribution in [0.2, 0.25) is 0 Å². The number of carbonyl (C=O) groups excluding carboxylic acids is 1. The van der Waals surface area contributed by atoms with Gasteiger partial charge in [-0.3, -0.25) is 9.59 Å². The summed E-state index contributed by atoms with van der Waals surface area (Å²) in [7, 11) is -3.20. The van der Waals surface area contributed by atoms with E-state index in [4.69, 9.17) is 0 Å². The number of sulfone groups is 1. The van der Waals surface area contributed by atoms with Crippen molar-refractivity contribution in [2.45, 2.75) is 39.2 Å². The lowest BCUT2D eigenvalue weighted by Gasteiger charge is -2.28. The molecule has 29 heavy (non-hydrogen) atoms. The number of aromatic nitrogens is 2. The summed E-state index contributed by atoms with van der Waals surface area (Å²) in [6, 6.07) is 6.71. The lowest BCUT2D eigenvalue weighted by atomic mass is 10.1. The van der Waals surface area contributed by atoms with Crippen LogP contribution in [0.1, 0.15) is 42.4 Å². The fraction of sp³-hybridized carbons (Fsp3) is 0.450. The minimum absolute atomic E-state index is 0.0222. The second-order valence-electron chi connectivity index (χ2n) is 7.27. The van der Waals surface area contributed by atoms with Crippen molar-refractivity contribution in [2.75, 3.05) is 18.1 Å². The lowest BCUT2D eigenvalue weighted by molar-refractivity contribution is 0.0684. The second kappa shape index (κ2) is 8.44. The van der Waals surface area contributed by atoms with Crippen LogP contribution in [-0.2, 0) is 9.84 Å². The Morgan fingerprint density at radius 1 is 1.34 bits per heavy atom. The summed E-state index contributed by atoms with van der Waals surface area (Å²) in [5.74, 6) is -1.24. The fourth-order valence-electron chi connectivity index (χ4n) is 3.50. The third kappa shape index (κ3) is 4.55. The van der Waals surface area contributed by atoms with Gasteiger partial charge in [-0.1, -0.05) is 25.5 Å². The number of halogens is 1. The molecule has 7 nitrogen and oxygen atoms in total. The molecule has 9 heteroatoms. The van der Waals surface area contributed by atoms with E-state index in [2.05, 4.69) is 5.10 Å². The highest BCUT2D eigenvalue weighted by atomic mass is 32.2. The maximum absolute atomic E-state index is 14.2. The van der Waals surface area contributed by atoms with E-state index in [1.165, 1.54) is 33.8 Å². The molecule has 1 atom stereocenters. The predicted octanol–water partition coefficient (Wildman–Crippen LogP) is 2.11. The molecule has 0 radical (unpaired) electrons. The van der Waals surface area contributed by atoms with Gasteiger partial charge in [0.15, 0.2) is 15.5 Å². The summed E-state index contributed by atoms with van der Waals surface area (Å²) in [4.78, 5) is 27.2. The highest BCUT2D eigenvalue weighted by Gasteiger charge is 2.36. The number of para-hydroxylation sites is 1. The van der Waals surface area contributed by atoms with E-state index < -0.39 is 33.0 Å². The minimum Gasteiger partial charge on any atom is -0.333 e. The van der Waals surface area contributed by atoms with Gasteiger partial charge in [-0.25, -0.2) is 17.5 Å². The molecular weight excluding hydrogens is 397 g/mol. The number of hydrogen-bond acceptors (Lipinski definition) is 5. The molecule has 0 aliphatic carbocycles. The van der Waals surface area contributed by atoms with Crippen molar-refractivity contribution in [2.24, 2.45) is 0 Å². The van der Waals surface area contributed by atoms with Crippen molar-refractivity contribution in [1.29, 1.82) is 0 Å². The number of nitrogens with zero attached hydrogens (tertiary/aromatic N) is 3. The summed E-state index contributed by atoms with van der Waals surface area (Å²) >= 11 is 0. The monoisotopic (exact) mass is 421 g/mol. The Kier molecular flexibility index (Phi) is 6.16. The first-order chi connectivity index (χ1) is 13.7. The molecule has 1 unspecified atom stereocenters. The Labute approximate surface area is 169 Å². The predicted molar refractivity (Wildman–Crippen MR) is 108 cm³/mol. The van der Waals surface area contributed by atoms with Crippen molar-refractivity contribution in [3.05, 3.63) is 57.8 Å². The van der Waals surface area contributed by atoms with Crippen LogP contribution in [0.5, 0.6) is 0 Å². The van der Waals surface area contributed by atoms with Gasteiger partial charge in [0.25, 0.3) is 5.91 Å². The lowest BCUT2D eigenvalue weighted by Crippen LogP contribution is -2.44. The average molecular weight is 421 g/mol.